The second kappa shape index (κ2) is 12.5. The van der Waals surface area contributed by atoms with Crippen LogP contribution in [0.3, 0.4) is 0 Å². The van der Waals surface area contributed by atoms with Crippen molar-refractivity contribution in [2.75, 3.05) is 55.8 Å². The van der Waals surface area contributed by atoms with Crippen LogP contribution in [0.15, 0.2) is 30.5 Å². The Morgan fingerprint density at radius 3 is 2.59 bits per heavy atom. The minimum Gasteiger partial charge on any atom is -0.463 e. The number of nitrogens with zero attached hydrogens (tertiary/aromatic N) is 5. The summed E-state index contributed by atoms with van der Waals surface area (Å²) in [6.45, 7) is 7.74. The molecule has 3 N–H and O–H groups in total. The Hall–Kier alpha value is -4.23. The van der Waals surface area contributed by atoms with Gasteiger partial charge in [0.25, 0.3) is 5.91 Å². The van der Waals surface area contributed by atoms with Gasteiger partial charge in [-0.25, -0.2) is 18.7 Å². The molecule has 0 aliphatic carbocycles. The first kappa shape index (κ1) is 29.7. The lowest BCUT2D eigenvalue weighted by Gasteiger charge is -2.35. The quantitative estimate of drug-likeness (QED) is 0.298. The molecule has 0 bridgehead atoms. The molecule has 2 heterocycles. The van der Waals surface area contributed by atoms with Crippen LogP contribution in [0.2, 0.25) is 5.02 Å². The molecular weight excluding hydrogens is 557 g/mol. The molecule has 1 saturated heterocycles. The van der Waals surface area contributed by atoms with E-state index in [0.29, 0.717) is 11.4 Å². The van der Waals surface area contributed by atoms with Gasteiger partial charge in [-0.1, -0.05) is 16.8 Å². The lowest BCUT2D eigenvalue weighted by Crippen LogP contribution is -2.44. The molecule has 1 amide bonds. The zero-order valence-electron chi connectivity index (χ0n) is 23.1. The summed E-state index contributed by atoms with van der Waals surface area (Å²) in [5, 5.41) is 10.7. The van der Waals surface area contributed by atoms with Gasteiger partial charge in [0.1, 0.15) is 0 Å². The highest BCUT2D eigenvalue weighted by Crippen LogP contribution is 2.32. The van der Waals surface area contributed by atoms with Crippen molar-refractivity contribution in [1.29, 1.82) is 0 Å². The predicted octanol–water partition coefficient (Wildman–Crippen LogP) is 3.06. The van der Waals surface area contributed by atoms with E-state index in [1.165, 1.54) is 30.8 Å². The van der Waals surface area contributed by atoms with E-state index in [2.05, 4.69) is 25.4 Å². The summed E-state index contributed by atoms with van der Waals surface area (Å²) in [5.41, 5.74) is 7.21. The van der Waals surface area contributed by atoms with E-state index in [9.17, 15) is 18.8 Å². The number of aromatic nitrogens is 3. The van der Waals surface area contributed by atoms with Crippen LogP contribution < -0.4 is 16.0 Å². The maximum atomic E-state index is 14.2. The van der Waals surface area contributed by atoms with Gasteiger partial charge in [0.2, 0.25) is 0 Å². The van der Waals surface area contributed by atoms with Gasteiger partial charge in [0, 0.05) is 31.7 Å². The molecule has 12 nitrogen and oxygen atoms in total. The average Bonchev–Trinajstić information content (AvgIpc) is 3.45. The number of hydrogen-bond donors (Lipinski definition) is 2. The van der Waals surface area contributed by atoms with Gasteiger partial charge >= 0.3 is 11.9 Å². The summed E-state index contributed by atoms with van der Waals surface area (Å²) in [4.78, 5) is 42.0. The highest BCUT2D eigenvalue weighted by molar-refractivity contribution is 6.35. The maximum Gasteiger partial charge on any atom is 0.361 e. The molecule has 1 aliphatic heterocycles. The number of carbonyl (C=O) groups is 3. The molecule has 0 saturated carbocycles. The number of rotatable bonds is 8. The standard InChI is InChI=1S/C27H31ClFN7O5/c1-5-40-26(38)16(3)41-27(39)21-14-36(33-32-21)17-6-7-22(35-10-8-34(4)9-11-35)20(12-17)31-25(37)18-13-19(30)24(29)15(2)23(18)28/h6-7,12-14,16H,5,8-11,30H2,1-4H3,(H,31,37)/t16-/m0/s1. The number of nitrogen functional groups attached to an aromatic ring is 1. The Balaban J connectivity index is 1.64. The first-order valence-corrected chi connectivity index (χ1v) is 13.3. The van der Waals surface area contributed by atoms with Crippen molar-refractivity contribution in [3.8, 4) is 5.69 Å². The molecule has 1 fully saturated rings. The van der Waals surface area contributed by atoms with Crippen molar-refractivity contribution in [2.45, 2.75) is 26.9 Å². The van der Waals surface area contributed by atoms with Crippen LogP contribution in [0.25, 0.3) is 5.69 Å². The van der Waals surface area contributed by atoms with E-state index in [0.717, 1.165) is 31.9 Å². The van der Waals surface area contributed by atoms with Gasteiger partial charge in [-0.15, -0.1) is 5.10 Å². The van der Waals surface area contributed by atoms with Crippen molar-refractivity contribution in [3.05, 3.63) is 58.1 Å². The Morgan fingerprint density at radius 2 is 1.90 bits per heavy atom. The lowest BCUT2D eigenvalue weighted by atomic mass is 10.1. The van der Waals surface area contributed by atoms with Gasteiger partial charge in [0.15, 0.2) is 17.6 Å². The van der Waals surface area contributed by atoms with Crippen LogP contribution in [0, 0.1) is 12.7 Å². The Bertz CT molecular complexity index is 1470. The fourth-order valence-electron chi connectivity index (χ4n) is 4.25. The molecule has 3 aromatic rings. The molecule has 0 spiro atoms. The van der Waals surface area contributed by atoms with Gasteiger partial charge in [-0.3, -0.25) is 4.79 Å². The zero-order valence-corrected chi connectivity index (χ0v) is 23.9. The van der Waals surface area contributed by atoms with Crippen LogP contribution in [-0.2, 0) is 14.3 Å². The molecule has 0 radical (unpaired) electrons. The van der Waals surface area contributed by atoms with E-state index in [1.54, 1.807) is 19.1 Å². The van der Waals surface area contributed by atoms with Crippen LogP contribution >= 0.6 is 11.6 Å². The van der Waals surface area contributed by atoms with Crippen LogP contribution in [-0.4, -0.2) is 83.7 Å². The third-order valence-corrected chi connectivity index (χ3v) is 7.12. The van der Waals surface area contributed by atoms with Crippen molar-refractivity contribution < 1.29 is 28.2 Å². The fourth-order valence-corrected chi connectivity index (χ4v) is 4.48. The van der Waals surface area contributed by atoms with E-state index in [4.69, 9.17) is 26.8 Å². The molecular formula is C27H31ClFN7O5. The van der Waals surface area contributed by atoms with E-state index >= 15 is 0 Å². The second-order valence-corrected chi connectivity index (χ2v) is 9.94. The highest BCUT2D eigenvalue weighted by atomic mass is 35.5. The first-order chi connectivity index (χ1) is 19.5. The molecule has 1 aromatic heterocycles. The minimum atomic E-state index is -1.12. The van der Waals surface area contributed by atoms with Crippen molar-refractivity contribution in [2.24, 2.45) is 0 Å². The van der Waals surface area contributed by atoms with E-state index < -0.39 is 29.8 Å². The van der Waals surface area contributed by atoms with E-state index in [1.807, 2.05) is 13.1 Å². The molecule has 4 rings (SSSR count). The van der Waals surface area contributed by atoms with Crippen molar-refractivity contribution in [3.63, 3.8) is 0 Å². The molecule has 41 heavy (non-hydrogen) atoms. The number of esters is 2. The van der Waals surface area contributed by atoms with Crippen LogP contribution in [0.4, 0.5) is 21.5 Å². The Labute approximate surface area is 241 Å². The summed E-state index contributed by atoms with van der Waals surface area (Å²) in [6, 6.07) is 6.46. The summed E-state index contributed by atoms with van der Waals surface area (Å²) in [6.07, 6.45) is 0.227. The number of carbonyl (C=O) groups excluding carboxylic acids is 3. The number of piperazine rings is 1. The first-order valence-electron chi connectivity index (χ1n) is 12.9. The summed E-state index contributed by atoms with van der Waals surface area (Å²) < 4.78 is 25.5. The number of nitrogens with two attached hydrogens (primary N) is 1. The van der Waals surface area contributed by atoms with Gasteiger partial charge in [0.05, 0.1) is 46.1 Å². The highest BCUT2D eigenvalue weighted by Gasteiger charge is 2.24. The predicted molar refractivity (Wildman–Crippen MR) is 151 cm³/mol. The SMILES string of the molecule is CCOC(=O)[C@H](C)OC(=O)c1cn(-c2ccc(N3CCN(C)CC3)c(NC(=O)c3cc(N)c(F)c(C)c3Cl)c2)nn1. The number of hydrogen-bond acceptors (Lipinski definition) is 10. The maximum absolute atomic E-state index is 14.2. The minimum absolute atomic E-state index is 0.0271. The summed E-state index contributed by atoms with van der Waals surface area (Å²) in [7, 11) is 2.03. The molecule has 1 atom stereocenters. The molecule has 1 aliphatic rings. The second-order valence-electron chi connectivity index (χ2n) is 9.56. The average molecular weight is 588 g/mol. The normalized spacial score (nSPS) is 14.4. The number of likely N-dealkylation sites (N-methyl/N-ethyl adjacent to an activating group) is 1. The topological polar surface area (TPSA) is 145 Å². The number of halogens is 2. The number of nitrogens with one attached hydrogen (secondary N) is 1. The lowest BCUT2D eigenvalue weighted by molar-refractivity contribution is -0.152. The summed E-state index contributed by atoms with van der Waals surface area (Å²) >= 11 is 6.30. The zero-order chi connectivity index (χ0) is 29.8. The Morgan fingerprint density at radius 1 is 1.20 bits per heavy atom. The third-order valence-electron chi connectivity index (χ3n) is 6.63. The molecule has 0 unspecified atom stereocenters. The summed E-state index contributed by atoms with van der Waals surface area (Å²) in [5.74, 6) is -2.78. The smallest absolute Gasteiger partial charge is 0.361 e. The molecule has 2 aromatic carbocycles. The van der Waals surface area contributed by atoms with Gasteiger partial charge < -0.3 is 30.3 Å². The molecule has 14 heteroatoms. The number of benzene rings is 2. The molecule has 218 valence electrons. The van der Waals surface area contributed by atoms with Crippen molar-refractivity contribution in [1.82, 2.24) is 19.9 Å². The van der Waals surface area contributed by atoms with Crippen molar-refractivity contribution >= 4 is 46.5 Å². The number of amides is 1. The van der Waals surface area contributed by atoms with Crippen LogP contribution in [0.5, 0.6) is 0 Å². The largest absolute Gasteiger partial charge is 0.463 e. The Kier molecular flexibility index (Phi) is 9.08. The monoisotopic (exact) mass is 587 g/mol. The fraction of sp³-hybridized carbons (Fsp3) is 0.370. The van der Waals surface area contributed by atoms with Gasteiger partial charge in [-0.2, -0.15) is 0 Å². The van der Waals surface area contributed by atoms with E-state index in [-0.39, 0.29) is 34.1 Å². The third kappa shape index (κ3) is 6.57. The number of ether oxygens (including phenoxy) is 2. The number of anilines is 3. The van der Waals surface area contributed by atoms with Gasteiger partial charge in [-0.05, 0) is 52.1 Å². The van der Waals surface area contributed by atoms with Crippen LogP contribution in [0.1, 0.15) is 40.3 Å².